The lowest BCUT2D eigenvalue weighted by Crippen LogP contribution is -2.14. The molecule has 0 atom stereocenters. The average Bonchev–Trinajstić information content (AvgIpc) is 2.04. The van der Waals surface area contributed by atoms with Gasteiger partial charge in [0.15, 0.2) is 0 Å². The van der Waals surface area contributed by atoms with E-state index in [1.807, 2.05) is 0 Å². The maximum Gasteiger partial charge on any atom is 0.412 e. The number of ether oxygens (including phenoxy) is 1. The van der Waals surface area contributed by atoms with Gasteiger partial charge in [0, 0.05) is 12.7 Å². The van der Waals surface area contributed by atoms with Crippen molar-refractivity contribution in [3.05, 3.63) is 23.3 Å². The molecule has 0 saturated heterocycles. The van der Waals surface area contributed by atoms with Crippen molar-refractivity contribution in [2.75, 3.05) is 13.7 Å². The summed E-state index contributed by atoms with van der Waals surface area (Å²) in [6, 6.07) is 0. The van der Waals surface area contributed by atoms with Gasteiger partial charge in [-0.15, -0.1) is 0 Å². The monoisotopic (exact) mass is 192 g/mol. The summed E-state index contributed by atoms with van der Waals surface area (Å²) in [7, 11) is 1.47. The Morgan fingerprint density at radius 3 is 2.69 bits per heavy atom. The molecule has 0 fully saturated rings. The standard InChI is InChI=1S/C9H11F3O/c1-13-6-7-3-2-4-8(5-7)9(10,11)12/h3,5H,2,4,6H2,1H3. The first-order valence-corrected chi connectivity index (χ1v) is 4.00. The van der Waals surface area contributed by atoms with Gasteiger partial charge in [0.25, 0.3) is 0 Å². The van der Waals surface area contributed by atoms with Gasteiger partial charge in [0.05, 0.1) is 6.61 Å². The second-order valence-electron chi connectivity index (χ2n) is 2.92. The van der Waals surface area contributed by atoms with Gasteiger partial charge in [-0.25, -0.2) is 0 Å². The van der Waals surface area contributed by atoms with Crippen LogP contribution >= 0.6 is 0 Å². The molecule has 0 aromatic heterocycles. The van der Waals surface area contributed by atoms with Gasteiger partial charge < -0.3 is 4.74 Å². The smallest absolute Gasteiger partial charge is 0.380 e. The third kappa shape index (κ3) is 2.88. The SMILES string of the molecule is COCC1=CCCC(C(F)(F)F)=C1. The highest BCUT2D eigenvalue weighted by Crippen LogP contribution is 2.32. The van der Waals surface area contributed by atoms with Crippen molar-refractivity contribution >= 4 is 0 Å². The number of allylic oxidation sites excluding steroid dienone is 2. The van der Waals surface area contributed by atoms with Crippen LogP contribution in [-0.2, 0) is 4.74 Å². The molecular weight excluding hydrogens is 181 g/mol. The predicted octanol–water partition coefficient (Wildman–Crippen LogP) is 2.84. The first-order valence-electron chi connectivity index (χ1n) is 4.00. The summed E-state index contributed by atoms with van der Waals surface area (Å²) in [5.41, 5.74) is 0.156. The zero-order valence-corrected chi connectivity index (χ0v) is 7.32. The molecule has 1 aliphatic rings. The summed E-state index contributed by atoms with van der Waals surface area (Å²) in [6.07, 6.45) is -0.709. The highest BCUT2D eigenvalue weighted by atomic mass is 19.4. The van der Waals surface area contributed by atoms with Crippen molar-refractivity contribution in [2.45, 2.75) is 19.0 Å². The first kappa shape index (κ1) is 10.3. The molecule has 0 aromatic carbocycles. The molecule has 4 heteroatoms. The topological polar surface area (TPSA) is 9.23 Å². The molecular formula is C9H11F3O. The van der Waals surface area contributed by atoms with Crippen molar-refractivity contribution < 1.29 is 17.9 Å². The van der Waals surface area contributed by atoms with Crippen LogP contribution in [0.5, 0.6) is 0 Å². The van der Waals surface area contributed by atoms with E-state index in [-0.39, 0.29) is 13.0 Å². The summed E-state index contributed by atoms with van der Waals surface area (Å²) in [6.45, 7) is 0.250. The van der Waals surface area contributed by atoms with E-state index in [4.69, 9.17) is 4.74 Å². The Hall–Kier alpha value is -0.770. The Bertz CT molecular complexity index is 238. The summed E-state index contributed by atoms with van der Waals surface area (Å²) >= 11 is 0. The zero-order valence-electron chi connectivity index (χ0n) is 7.32. The van der Waals surface area contributed by atoms with E-state index in [0.29, 0.717) is 12.0 Å². The molecule has 1 rings (SSSR count). The minimum atomic E-state index is -4.19. The molecule has 0 spiro atoms. The van der Waals surface area contributed by atoms with Crippen LogP contribution in [0.15, 0.2) is 23.3 Å². The van der Waals surface area contributed by atoms with Crippen LogP contribution in [0.1, 0.15) is 12.8 Å². The molecule has 0 saturated carbocycles. The normalized spacial score (nSPS) is 18.2. The van der Waals surface area contributed by atoms with Crippen molar-refractivity contribution in [3.63, 3.8) is 0 Å². The van der Waals surface area contributed by atoms with Gasteiger partial charge in [-0.05, 0) is 24.5 Å². The number of alkyl halides is 3. The third-order valence-corrected chi connectivity index (χ3v) is 1.85. The van der Waals surface area contributed by atoms with Gasteiger partial charge in [0.2, 0.25) is 0 Å². The minimum Gasteiger partial charge on any atom is -0.380 e. The Kier molecular flexibility index (Phi) is 3.14. The second kappa shape index (κ2) is 3.96. The van der Waals surface area contributed by atoms with Gasteiger partial charge in [0.1, 0.15) is 0 Å². The molecule has 0 radical (unpaired) electrons. The van der Waals surface area contributed by atoms with Gasteiger partial charge in [-0.3, -0.25) is 0 Å². The van der Waals surface area contributed by atoms with Gasteiger partial charge in [-0.2, -0.15) is 13.2 Å². The maximum atomic E-state index is 12.2. The van der Waals surface area contributed by atoms with Crippen molar-refractivity contribution in [3.8, 4) is 0 Å². The summed E-state index contributed by atoms with van der Waals surface area (Å²) < 4.78 is 41.4. The maximum absolute atomic E-state index is 12.2. The highest BCUT2D eigenvalue weighted by Gasteiger charge is 2.33. The minimum absolute atomic E-state index is 0.0801. The number of halogens is 3. The van der Waals surface area contributed by atoms with Crippen molar-refractivity contribution in [1.82, 2.24) is 0 Å². The molecule has 1 aliphatic carbocycles. The summed E-state index contributed by atoms with van der Waals surface area (Å²) in [5.74, 6) is 0. The van der Waals surface area contributed by atoms with E-state index >= 15 is 0 Å². The molecule has 13 heavy (non-hydrogen) atoms. The van der Waals surface area contributed by atoms with E-state index in [0.717, 1.165) is 0 Å². The Morgan fingerprint density at radius 1 is 1.46 bits per heavy atom. The zero-order chi connectivity index (χ0) is 9.90. The molecule has 74 valence electrons. The Labute approximate surface area is 74.9 Å². The van der Waals surface area contributed by atoms with Crippen LogP contribution in [0.3, 0.4) is 0 Å². The molecule has 0 unspecified atom stereocenters. The van der Waals surface area contributed by atoms with Crippen LogP contribution in [-0.4, -0.2) is 19.9 Å². The summed E-state index contributed by atoms with van der Waals surface area (Å²) in [5, 5.41) is 0. The molecule has 0 N–H and O–H groups in total. The van der Waals surface area contributed by atoms with Crippen LogP contribution in [0.2, 0.25) is 0 Å². The van der Waals surface area contributed by atoms with Crippen molar-refractivity contribution in [2.24, 2.45) is 0 Å². The Balaban J connectivity index is 2.73. The lowest BCUT2D eigenvalue weighted by atomic mass is 9.99. The lowest BCUT2D eigenvalue weighted by molar-refractivity contribution is -0.0941. The fourth-order valence-electron chi connectivity index (χ4n) is 1.26. The molecule has 0 heterocycles. The molecule has 1 nitrogen and oxygen atoms in total. The molecule has 0 bridgehead atoms. The Morgan fingerprint density at radius 2 is 2.15 bits per heavy atom. The van der Waals surface area contributed by atoms with E-state index in [9.17, 15) is 13.2 Å². The van der Waals surface area contributed by atoms with Crippen LogP contribution in [0.25, 0.3) is 0 Å². The van der Waals surface area contributed by atoms with Crippen LogP contribution in [0.4, 0.5) is 13.2 Å². The number of hydrogen-bond donors (Lipinski definition) is 0. The first-order chi connectivity index (χ1) is 6.04. The van der Waals surface area contributed by atoms with E-state index in [1.165, 1.54) is 13.2 Å². The second-order valence-corrected chi connectivity index (χ2v) is 2.92. The van der Waals surface area contributed by atoms with Crippen LogP contribution in [0, 0.1) is 0 Å². The fourth-order valence-corrected chi connectivity index (χ4v) is 1.26. The van der Waals surface area contributed by atoms with Gasteiger partial charge in [-0.1, -0.05) is 6.08 Å². The number of rotatable bonds is 2. The molecule has 0 aliphatic heterocycles. The average molecular weight is 192 g/mol. The fraction of sp³-hybridized carbons (Fsp3) is 0.556. The lowest BCUT2D eigenvalue weighted by Gasteiger charge is -2.15. The largest absolute Gasteiger partial charge is 0.412 e. The van der Waals surface area contributed by atoms with E-state index < -0.39 is 11.7 Å². The highest BCUT2D eigenvalue weighted by molar-refractivity contribution is 5.30. The van der Waals surface area contributed by atoms with Crippen LogP contribution < -0.4 is 0 Å². The number of methoxy groups -OCH3 is 1. The van der Waals surface area contributed by atoms with Gasteiger partial charge >= 0.3 is 6.18 Å². The summed E-state index contributed by atoms with van der Waals surface area (Å²) in [4.78, 5) is 0. The predicted molar refractivity (Wildman–Crippen MR) is 43.3 cm³/mol. The third-order valence-electron chi connectivity index (χ3n) is 1.85. The quantitative estimate of drug-likeness (QED) is 0.653. The number of hydrogen-bond acceptors (Lipinski definition) is 1. The van der Waals surface area contributed by atoms with E-state index in [1.54, 1.807) is 6.08 Å². The van der Waals surface area contributed by atoms with Crippen molar-refractivity contribution in [1.29, 1.82) is 0 Å². The molecule has 0 aromatic rings. The molecule has 0 amide bonds. The van der Waals surface area contributed by atoms with E-state index in [2.05, 4.69) is 0 Å².